The van der Waals surface area contributed by atoms with Crippen LogP contribution in [0.5, 0.6) is 0 Å². The van der Waals surface area contributed by atoms with E-state index < -0.39 is 0 Å². The predicted octanol–water partition coefficient (Wildman–Crippen LogP) is 2.22. The normalized spacial score (nSPS) is 14.7. The smallest absolute Gasteiger partial charge is 0.228 e. The molecule has 1 aliphatic rings. The van der Waals surface area contributed by atoms with Gasteiger partial charge in [-0.1, -0.05) is 18.2 Å². The van der Waals surface area contributed by atoms with Gasteiger partial charge in [-0.15, -0.1) is 0 Å². The van der Waals surface area contributed by atoms with E-state index in [0.29, 0.717) is 19.5 Å². The fourth-order valence-corrected chi connectivity index (χ4v) is 3.41. The van der Waals surface area contributed by atoms with E-state index >= 15 is 0 Å². The molecule has 0 spiro atoms. The molecule has 132 valence electrons. The maximum Gasteiger partial charge on any atom is 0.228 e. The Morgan fingerprint density at radius 1 is 1.00 bits per heavy atom. The van der Waals surface area contributed by atoms with Crippen LogP contribution in [0.1, 0.15) is 11.3 Å². The van der Waals surface area contributed by atoms with E-state index in [0.717, 1.165) is 41.1 Å². The number of carbonyl (C=O) groups excluding carboxylic acids is 1. The van der Waals surface area contributed by atoms with Crippen LogP contribution < -0.4 is 4.90 Å². The highest BCUT2D eigenvalue weighted by molar-refractivity contribution is 5.91. The van der Waals surface area contributed by atoms with E-state index in [1.165, 1.54) is 0 Å². The fraction of sp³-hybridized carbons (Fsp3) is 0.300. The summed E-state index contributed by atoms with van der Waals surface area (Å²) in [5.74, 6) is 1.09. The van der Waals surface area contributed by atoms with E-state index in [1.807, 2.05) is 29.2 Å². The molecule has 3 aromatic rings. The molecule has 1 saturated heterocycles. The maximum absolute atomic E-state index is 12.5. The number of para-hydroxylation sites is 1. The molecule has 0 bridgehead atoms. The number of fused-ring (bicyclic) bond motifs is 1. The first-order chi connectivity index (χ1) is 12.7. The van der Waals surface area contributed by atoms with Gasteiger partial charge in [-0.2, -0.15) is 0 Å². The number of carbonyl (C=O) groups is 1. The van der Waals surface area contributed by atoms with Crippen molar-refractivity contribution in [2.75, 3.05) is 31.1 Å². The highest BCUT2D eigenvalue weighted by Gasteiger charge is 2.23. The monoisotopic (exact) mass is 347 g/mol. The van der Waals surface area contributed by atoms with Gasteiger partial charge < -0.3 is 9.80 Å². The van der Waals surface area contributed by atoms with E-state index in [1.54, 1.807) is 12.5 Å². The van der Waals surface area contributed by atoms with Gasteiger partial charge in [-0.3, -0.25) is 9.78 Å². The summed E-state index contributed by atoms with van der Waals surface area (Å²) in [7, 11) is 0. The van der Waals surface area contributed by atoms with Crippen molar-refractivity contribution < 1.29 is 4.79 Å². The molecule has 1 aromatic carbocycles. The van der Waals surface area contributed by atoms with Gasteiger partial charge in [0.25, 0.3) is 0 Å². The molecule has 1 amide bonds. The zero-order valence-electron chi connectivity index (χ0n) is 14.8. The van der Waals surface area contributed by atoms with Crippen LogP contribution in [0.25, 0.3) is 10.9 Å². The average molecular weight is 347 g/mol. The number of aryl methyl sites for hydroxylation is 1. The van der Waals surface area contributed by atoms with Crippen LogP contribution in [0.4, 0.5) is 5.82 Å². The summed E-state index contributed by atoms with van der Waals surface area (Å²) < 4.78 is 0. The molecule has 0 atom stereocenters. The number of amides is 1. The van der Waals surface area contributed by atoms with Crippen molar-refractivity contribution in [3.8, 4) is 0 Å². The summed E-state index contributed by atoms with van der Waals surface area (Å²) in [5.41, 5.74) is 2.96. The summed E-state index contributed by atoms with van der Waals surface area (Å²) in [6.45, 7) is 5.00. The molecule has 0 unspecified atom stereocenters. The molecule has 3 heterocycles. The lowest BCUT2D eigenvalue weighted by atomic mass is 10.1. The number of hydrogen-bond acceptors (Lipinski definition) is 5. The predicted molar refractivity (Wildman–Crippen MR) is 101 cm³/mol. The fourth-order valence-electron chi connectivity index (χ4n) is 3.41. The van der Waals surface area contributed by atoms with Crippen molar-refractivity contribution in [1.82, 2.24) is 19.9 Å². The SMILES string of the molecule is Cc1cccc2c(N3CCN(C(=O)Cc4ccccn4)CC3)ncnc12. The second-order valence-electron chi connectivity index (χ2n) is 6.53. The quantitative estimate of drug-likeness (QED) is 0.727. The summed E-state index contributed by atoms with van der Waals surface area (Å²) in [5, 5.41) is 1.07. The van der Waals surface area contributed by atoms with Gasteiger partial charge in [0, 0.05) is 43.5 Å². The molecule has 4 rings (SSSR count). The lowest BCUT2D eigenvalue weighted by Gasteiger charge is -2.35. The largest absolute Gasteiger partial charge is 0.352 e. The number of anilines is 1. The standard InChI is InChI=1S/C20H21N5O/c1-15-5-4-7-17-19(15)22-14-23-20(17)25-11-9-24(10-12-25)18(26)13-16-6-2-3-8-21-16/h2-8,14H,9-13H2,1H3. The van der Waals surface area contributed by atoms with Crippen LogP contribution in [0.15, 0.2) is 48.9 Å². The van der Waals surface area contributed by atoms with Crippen LogP contribution in [0.2, 0.25) is 0 Å². The van der Waals surface area contributed by atoms with Crippen molar-refractivity contribution in [3.05, 3.63) is 60.2 Å². The van der Waals surface area contributed by atoms with Crippen molar-refractivity contribution in [2.24, 2.45) is 0 Å². The Kier molecular flexibility index (Phi) is 4.48. The molecule has 26 heavy (non-hydrogen) atoms. The number of rotatable bonds is 3. The van der Waals surface area contributed by atoms with Gasteiger partial charge in [-0.05, 0) is 30.7 Å². The third-order valence-corrected chi connectivity index (χ3v) is 4.84. The molecule has 6 nitrogen and oxygen atoms in total. The van der Waals surface area contributed by atoms with Gasteiger partial charge in [-0.25, -0.2) is 9.97 Å². The van der Waals surface area contributed by atoms with E-state index in [-0.39, 0.29) is 5.91 Å². The Labute approximate surface area is 152 Å². The Hall–Kier alpha value is -3.02. The molecule has 0 radical (unpaired) electrons. The number of pyridine rings is 1. The van der Waals surface area contributed by atoms with Crippen LogP contribution in [0.3, 0.4) is 0 Å². The molecule has 0 aliphatic carbocycles. The summed E-state index contributed by atoms with van der Waals surface area (Å²) >= 11 is 0. The van der Waals surface area contributed by atoms with Crippen molar-refractivity contribution in [3.63, 3.8) is 0 Å². The van der Waals surface area contributed by atoms with Crippen LogP contribution in [0, 0.1) is 6.92 Å². The lowest BCUT2D eigenvalue weighted by molar-refractivity contribution is -0.130. The number of nitrogens with zero attached hydrogens (tertiary/aromatic N) is 5. The molecule has 0 saturated carbocycles. The first-order valence-electron chi connectivity index (χ1n) is 8.85. The van der Waals surface area contributed by atoms with Crippen LogP contribution in [-0.2, 0) is 11.2 Å². The topological polar surface area (TPSA) is 62.2 Å². The van der Waals surface area contributed by atoms with E-state index in [4.69, 9.17) is 0 Å². The summed E-state index contributed by atoms with van der Waals surface area (Å²) in [4.78, 5) is 29.8. The average Bonchev–Trinajstić information content (AvgIpc) is 2.69. The first kappa shape index (κ1) is 16.4. The second kappa shape index (κ2) is 7.07. The minimum atomic E-state index is 0.131. The summed E-state index contributed by atoms with van der Waals surface area (Å²) in [6.07, 6.45) is 3.71. The Morgan fingerprint density at radius 3 is 2.62 bits per heavy atom. The number of benzene rings is 1. The van der Waals surface area contributed by atoms with Gasteiger partial charge in [0.05, 0.1) is 11.9 Å². The Balaban J connectivity index is 1.46. The minimum absolute atomic E-state index is 0.131. The van der Waals surface area contributed by atoms with Gasteiger partial charge >= 0.3 is 0 Å². The van der Waals surface area contributed by atoms with E-state index in [9.17, 15) is 4.79 Å². The third kappa shape index (κ3) is 3.22. The van der Waals surface area contributed by atoms with Gasteiger partial charge in [0.15, 0.2) is 0 Å². The zero-order valence-corrected chi connectivity index (χ0v) is 14.8. The molecule has 0 N–H and O–H groups in total. The lowest BCUT2D eigenvalue weighted by Crippen LogP contribution is -2.49. The van der Waals surface area contributed by atoms with Gasteiger partial charge in [0.2, 0.25) is 5.91 Å². The molecular weight excluding hydrogens is 326 g/mol. The zero-order chi connectivity index (χ0) is 17.9. The van der Waals surface area contributed by atoms with Crippen molar-refractivity contribution in [1.29, 1.82) is 0 Å². The molecular formula is C20H21N5O. The van der Waals surface area contributed by atoms with Crippen molar-refractivity contribution >= 4 is 22.6 Å². The molecule has 6 heteroatoms. The molecule has 1 aliphatic heterocycles. The van der Waals surface area contributed by atoms with Crippen LogP contribution >= 0.6 is 0 Å². The Morgan fingerprint density at radius 2 is 1.85 bits per heavy atom. The number of hydrogen-bond donors (Lipinski definition) is 0. The molecule has 1 fully saturated rings. The first-order valence-corrected chi connectivity index (χ1v) is 8.85. The number of piperazine rings is 1. The highest BCUT2D eigenvalue weighted by Crippen LogP contribution is 2.25. The summed E-state index contributed by atoms with van der Waals surface area (Å²) in [6, 6.07) is 11.8. The highest BCUT2D eigenvalue weighted by atomic mass is 16.2. The van der Waals surface area contributed by atoms with E-state index in [2.05, 4.69) is 38.9 Å². The number of aromatic nitrogens is 3. The van der Waals surface area contributed by atoms with Gasteiger partial charge in [0.1, 0.15) is 12.1 Å². The minimum Gasteiger partial charge on any atom is -0.352 e. The molecule has 2 aromatic heterocycles. The Bertz CT molecular complexity index is 920. The second-order valence-corrected chi connectivity index (χ2v) is 6.53. The maximum atomic E-state index is 12.5. The van der Waals surface area contributed by atoms with Crippen LogP contribution in [-0.4, -0.2) is 51.9 Å². The van der Waals surface area contributed by atoms with Crippen molar-refractivity contribution in [2.45, 2.75) is 13.3 Å². The third-order valence-electron chi connectivity index (χ3n) is 4.84.